The van der Waals surface area contributed by atoms with Gasteiger partial charge in [0.05, 0.1) is 4.92 Å². The van der Waals surface area contributed by atoms with Crippen LogP contribution in [-0.4, -0.2) is 10.0 Å². The van der Waals surface area contributed by atoms with Gasteiger partial charge >= 0.3 is 0 Å². The molecular formula is C24H25N3O3S. The maximum Gasteiger partial charge on any atom is 0.292 e. The van der Waals surface area contributed by atoms with Crippen LogP contribution < -0.4 is 15.4 Å². The molecule has 3 aromatic carbocycles. The Morgan fingerprint density at radius 1 is 0.968 bits per heavy atom. The number of nitrogens with one attached hydrogen (secondary N) is 2. The minimum Gasteiger partial charge on any atom is -0.457 e. The standard InChI is InChI=1S/C24H25N3O3S/c1-4-24(2,3)17-9-13-19(14-10-17)30-20-15-11-18(12-16-20)25-23(31)26-21-7-5-6-8-22(21)27(28)29/h5-16H,4H2,1-3H3,(H2,25,26,31). The quantitative estimate of drug-likeness (QED) is 0.239. The molecule has 6 nitrogen and oxygen atoms in total. The van der Waals surface area contributed by atoms with Crippen LogP contribution >= 0.6 is 12.2 Å². The Bertz CT molecular complexity index is 1060. The number of hydrogen-bond acceptors (Lipinski definition) is 4. The minimum absolute atomic E-state index is 0.0382. The summed E-state index contributed by atoms with van der Waals surface area (Å²) < 4.78 is 5.93. The normalized spacial score (nSPS) is 10.9. The van der Waals surface area contributed by atoms with E-state index in [-0.39, 0.29) is 16.2 Å². The molecule has 0 aliphatic heterocycles. The van der Waals surface area contributed by atoms with Gasteiger partial charge in [-0.1, -0.05) is 45.0 Å². The Morgan fingerprint density at radius 3 is 2.13 bits per heavy atom. The molecule has 3 rings (SSSR count). The van der Waals surface area contributed by atoms with Crippen LogP contribution in [0.4, 0.5) is 17.1 Å². The average molecular weight is 436 g/mol. The molecule has 31 heavy (non-hydrogen) atoms. The molecule has 0 fully saturated rings. The van der Waals surface area contributed by atoms with E-state index in [1.807, 2.05) is 36.4 Å². The van der Waals surface area contributed by atoms with E-state index in [9.17, 15) is 10.1 Å². The molecule has 0 amide bonds. The molecule has 0 bridgehead atoms. The molecule has 0 aromatic heterocycles. The van der Waals surface area contributed by atoms with E-state index >= 15 is 0 Å². The highest BCUT2D eigenvalue weighted by atomic mass is 32.1. The van der Waals surface area contributed by atoms with Crippen molar-refractivity contribution in [1.29, 1.82) is 0 Å². The van der Waals surface area contributed by atoms with Crippen molar-refractivity contribution in [2.45, 2.75) is 32.6 Å². The zero-order chi connectivity index (χ0) is 22.4. The van der Waals surface area contributed by atoms with Gasteiger partial charge in [0.2, 0.25) is 0 Å². The molecule has 160 valence electrons. The van der Waals surface area contributed by atoms with Gasteiger partial charge in [-0.15, -0.1) is 0 Å². The molecule has 0 saturated carbocycles. The summed E-state index contributed by atoms with van der Waals surface area (Å²) in [7, 11) is 0. The fourth-order valence-corrected chi connectivity index (χ4v) is 3.17. The van der Waals surface area contributed by atoms with Crippen molar-refractivity contribution in [3.8, 4) is 11.5 Å². The van der Waals surface area contributed by atoms with Gasteiger partial charge in [-0.25, -0.2) is 0 Å². The minimum atomic E-state index is -0.452. The smallest absolute Gasteiger partial charge is 0.292 e. The monoisotopic (exact) mass is 435 g/mol. The van der Waals surface area contributed by atoms with Gasteiger partial charge in [-0.3, -0.25) is 10.1 Å². The summed E-state index contributed by atoms with van der Waals surface area (Å²) in [4.78, 5) is 10.7. The van der Waals surface area contributed by atoms with E-state index in [0.717, 1.165) is 17.9 Å². The molecule has 3 aromatic rings. The first kappa shape index (κ1) is 22.2. The topological polar surface area (TPSA) is 76.4 Å². The van der Waals surface area contributed by atoms with Gasteiger partial charge in [0.15, 0.2) is 5.11 Å². The second-order valence-corrected chi connectivity index (χ2v) is 8.15. The van der Waals surface area contributed by atoms with Gasteiger partial charge in [0.1, 0.15) is 17.2 Å². The van der Waals surface area contributed by atoms with Crippen molar-refractivity contribution < 1.29 is 9.66 Å². The van der Waals surface area contributed by atoms with E-state index in [0.29, 0.717) is 11.4 Å². The first-order chi connectivity index (χ1) is 14.8. The highest BCUT2D eigenvalue weighted by Gasteiger charge is 2.17. The maximum atomic E-state index is 11.1. The maximum absolute atomic E-state index is 11.1. The number of hydrogen-bond donors (Lipinski definition) is 2. The Kier molecular flexibility index (Phi) is 6.87. The molecule has 0 atom stereocenters. The molecular weight excluding hydrogens is 410 g/mol. The van der Waals surface area contributed by atoms with Gasteiger partial charge in [0, 0.05) is 11.8 Å². The summed E-state index contributed by atoms with van der Waals surface area (Å²) in [5.41, 5.74) is 2.45. The van der Waals surface area contributed by atoms with E-state index in [1.165, 1.54) is 11.6 Å². The second kappa shape index (κ2) is 9.57. The fourth-order valence-electron chi connectivity index (χ4n) is 2.94. The van der Waals surface area contributed by atoms with Crippen molar-refractivity contribution in [3.63, 3.8) is 0 Å². The highest BCUT2D eigenvalue weighted by Crippen LogP contribution is 2.30. The number of ether oxygens (including phenoxy) is 1. The van der Waals surface area contributed by atoms with E-state index in [1.54, 1.807) is 18.2 Å². The van der Waals surface area contributed by atoms with Gasteiger partial charge < -0.3 is 15.4 Å². The number of anilines is 2. The molecule has 0 spiro atoms. The zero-order valence-corrected chi connectivity index (χ0v) is 18.5. The van der Waals surface area contributed by atoms with Gasteiger partial charge in [-0.2, -0.15) is 0 Å². The van der Waals surface area contributed by atoms with E-state index in [2.05, 4.69) is 43.5 Å². The van der Waals surface area contributed by atoms with Gasteiger partial charge in [0.25, 0.3) is 5.69 Å². The fraction of sp³-hybridized carbons (Fsp3) is 0.208. The molecule has 0 aliphatic rings. The lowest BCUT2D eigenvalue weighted by atomic mass is 9.82. The number of benzene rings is 3. The molecule has 0 radical (unpaired) electrons. The van der Waals surface area contributed by atoms with E-state index in [4.69, 9.17) is 17.0 Å². The van der Waals surface area contributed by atoms with Crippen LogP contribution in [0.2, 0.25) is 0 Å². The molecule has 0 unspecified atom stereocenters. The summed E-state index contributed by atoms with van der Waals surface area (Å²) in [5, 5.41) is 17.3. The van der Waals surface area contributed by atoms with Crippen LogP contribution in [0.15, 0.2) is 72.8 Å². The Morgan fingerprint density at radius 2 is 1.55 bits per heavy atom. The number of nitrogens with zero attached hydrogens (tertiary/aromatic N) is 1. The predicted molar refractivity (Wildman–Crippen MR) is 129 cm³/mol. The van der Waals surface area contributed by atoms with Gasteiger partial charge in [-0.05, 0) is 72.1 Å². The van der Waals surface area contributed by atoms with Crippen LogP contribution in [0.5, 0.6) is 11.5 Å². The van der Waals surface area contributed by atoms with E-state index < -0.39 is 4.92 Å². The average Bonchev–Trinajstić information content (AvgIpc) is 2.75. The first-order valence-electron chi connectivity index (χ1n) is 9.98. The lowest BCUT2D eigenvalue weighted by molar-refractivity contribution is -0.383. The third-order valence-corrected chi connectivity index (χ3v) is 5.42. The summed E-state index contributed by atoms with van der Waals surface area (Å²) in [6.07, 6.45) is 1.07. The number of nitro benzene ring substituents is 1. The van der Waals surface area contributed by atoms with Crippen molar-refractivity contribution in [2.75, 3.05) is 10.6 Å². The van der Waals surface area contributed by atoms with Crippen LogP contribution in [0, 0.1) is 10.1 Å². The predicted octanol–water partition coefficient (Wildman–Crippen LogP) is 6.88. The van der Waals surface area contributed by atoms with Crippen LogP contribution in [-0.2, 0) is 5.41 Å². The van der Waals surface area contributed by atoms with Crippen LogP contribution in [0.1, 0.15) is 32.8 Å². The summed E-state index contributed by atoms with van der Waals surface area (Å²) in [6, 6.07) is 21.8. The highest BCUT2D eigenvalue weighted by molar-refractivity contribution is 7.80. The number of thiocarbonyl (C=S) groups is 1. The third-order valence-electron chi connectivity index (χ3n) is 5.22. The molecule has 2 N–H and O–H groups in total. The summed E-state index contributed by atoms with van der Waals surface area (Å²) >= 11 is 5.28. The van der Waals surface area contributed by atoms with Crippen molar-refractivity contribution >= 4 is 34.4 Å². The van der Waals surface area contributed by atoms with Crippen molar-refractivity contribution in [2.24, 2.45) is 0 Å². The molecule has 0 aliphatic carbocycles. The Balaban J connectivity index is 1.60. The Labute approximate surface area is 187 Å². The van der Waals surface area contributed by atoms with Crippen molar-refractivity contribution in [1.82, 2.24) is 0 Å². The lowest BCUT2D eigenvalue weighted by Crippen LogP contribution is -2.19. The van der Waals surface area contributed by atoms with Crippen LogP contribution in [0.25, 0.3) is 0 Å². The SMILES string of the molecule is CCC(C)(C)c1ccc(Oc2ccc(NC(=S)Nc3ccccc3[N+](=O)[O-])cc2)cc1. The zero-order valence-electron chi connectivity index (χ0n) is 17.7. The Hall–Kier alpha value is -3.45. The summed E-state index contributed by atoms with van der Waals surface area (Å²) in [6.45, 7) is 6.63. The molecule has 7 heteroatoms. The second-order valence-electron chi connectivity index (χ2n) is 7.74. The third kappa shape index (κ3) is 5.79. The molecule has 0 heterocycles. The number of nitro groups is 1. The van der Waals surface area contributed by atoms with Crippen LogP contribution in [0.3, 0.4) is 0 Å². The van der Waals surface area contributed by atoms with Crippen molar-refractivity contribution in [3.05, 3.63) is 88.5 Å². The largest absolute Gasteiger partial charge is 0.457 e. The summed E-state index contributed by atoms with van der Waals surface area (Å²) in [5.74, 6) is 1.47. The number of rotatable bonds is 7. The first-order valence-corrected chi connectivity index (χ1v) is 10.4. The molecule has 0 saturated heterocycles. The number of para-hydroxylation sites is 2. The lowest BCUT2D eigenvalue weighted by Gasteiger charge is -2.23.